The first-order valence-corrected chi connectivity index (χ1v) is 6.14. The summed E-state index contributed by atoms with van der Waals surface area (Å²) >= 11 is 0. The summed E-state index contributed by atoms with van der Waals surface area (Å²) in [6.45, 7) is 0.736. The Bertz CT molecular complexity index is 430. The molecule has 0 saturated heterocycles. The maximum atomic E-state index is 12.6. The van der Waals surface area contributed by atoms with Crippen molar-refractivity contribution < 1.29 is 22.4 Å². The van der Waals surface area contributed by atoms with E-state index in [2.05, 4.69) is 0 Å². The number of hydrogen-bond donors (Lipinski definition) is 0. The summed E-state index contributed by atoms with van der Waals surface area (Å²) in [6, 6.07) is 3.86. The summed E-state index contributed by atoms with van der Waals surface area (Å²) in [4.78, 5) is 0. The molecule has 0 amide bonds. The van der Waals surface area contributed by atoms with E-state index in [0.717, 1.165) is 6.07 Å². The Labute approximate surface area is 112 Å². The van der Waals surface area contributed by atoms with Gasteiger partial charge in [-0.25, -0.2) is 0 Å². The van der Waals surface area contributed by atoms with E-state index in [9.17, 15) is 12.9 Å². The Morgan fingerprint density at radius 3 is 2.32 bits per heavy atom. The monoisotopic (exact) mass is 275 g/mol. The Morgan fingerprint density at radius 2 is 1.84 bits per heavy atom. The van der Waals surface area contributed by atoms with Crippen LogP contribution in [-0.2, 0) is 4.74 Å². The number of benzene rings is 1. The molecule has 1 aromatic carbocycles. The molecule has 0 aromatic heterocycles. The van der Waals surface area contributed by atoms with Crippen LogP contribution in [0, 0.1) is 6.92 Å². The molecule has 0 aliphatic rings. The van der Waals surface area contributed by atoms with Crippen molar-refractivity contribution >= 4 is 12.4 Å². The minimum Gasteiger partial charge on any atom is -0.493 e. The van der Waals surface area contributed by atoms with Gasteiger partial charge in [-0.3, -0.25) is 0 Å². The number of halogens is 3. The van der Waals surface area contributed by atoms with Gasteiger partial charge in [0.25, 0.3) is 0 Å². The predicted molar refractivity (Wildman–Crippen MR) is 71.1 cm³/mol. The minimum atomic E-state index is -4.96. The van der Waals surface area contributed by atoms with E-state index < -0.39 is 12.4 Å². The third kappa shape index (κ3) is 4.78. The Morgan fingerprint density at radius 1 is 1.21 bits per heavy atom. The fraction of sp³-hybridized carbons (Fsp3) is 0.538. The van der Waals surface area contributed by atoms with Crippen LogP contribution in [0.5, 0.6) is 5.75 Å². The van der Waals surface area contributed by atoms with Crippen molar-refractivity contribution in [3.63, 3.8) is 0 Å². The van der Waals surface area contributed by atoms with Crippen molar-refractivity contribution in [1.82, 2.24) is 0 Å². The minimum absolute atomic E-state index is 0.191. The van der Waals surface area contributed by atoms with E-state index >= 15 is 0 Å². The van der Waals surface area contributed by atoms with Gasteiger partial charge in [0, 0.05) is 13.5 Å². The van der Waals surface area contributed by atoms with Gasteiger partial charge < -0.3 is 22.4 Å². The summed E-state index contributed by atoms with van der Waals surface area (Å²) in [5.74, 6) is 0.452. The van der Waals surface area contributed by atoms with Gasteiger partial charge in [-0.2, -0.15) is 0 Å². The van der Waals surface area contributed by atoms with E-state index in [1.165, 1.54) is 19.1 Å². The van der Waals surface area contributed by atoms with Crippen LogP contribution < -0.4 is 10.2 Å². The van der Waals surface area contributed by atoms with Gasteiger partial charge in [0.1, 0.15) is 5.75 Å². The quantitative estimate of drug-likeness (QED) is 0.742. The van der Waals surface area contributed by atoms with Crippen LogP contribution in [0.1, 0.15) is 25.8 Å². The third-order valence-corrected chi connectivity index (χ3v) is 3.12. The summed E-state index contributed by atoms with van der Waals surface area (Å²) < 4.78 is 48.6. The molecule has 0 radical (unpaired) electrons. The zero-order chi connectivity index (χ0) is 14.7. The molecule has 0 spiro atoms. The first-order chi connectivity index (χ1) is 8.65. The van der Waals surface area contributed by atoms with Crippen molar-refractivity contribution in [1.29, 1.82) is 0 Å². The highest BCUT2D eigenvalue weighted by atomic mass is 19.4. The summed E-state index contributed by atoms with van der Waals surface area (Å²) in [5, 5.41) is 0. The number of aryl methyl sites for hydroxylation is 1. The molecule has 0 saturated carbocycles. The Balaban J connectivity index is 2.65. The molecular formula is C13H19BF3O2-. The molecule has 0 heterocycles. The topological polar surface area (TPSA) is 18.5 Å². The molecule has 0 N–H and O–H groups in total. The lowest BCUT2D eigenvalue weighted by molar-refractivity contribution is 0.00546. The maximum absolute atomic E-state index is 12.6. The third-order valence-electron chi connectivity index (χ3n) is 3.12. The SMILES string of the molecule is COC(C)(C)CCOc1ccc([B-](F)(F)F)c(C)c1. The number of hydrogen-bond acceptors (Lipinski definition) is 2. The number of rotatable bonds is 6. The second-order valence-electron chi connectivity index (χ2n) is 5.16. The molecule has 0 aliphatic heterocycles. The van der Waals surface area contributed by atoms with E-state index in [-0.39, 0.29) is 11.2 Å². The van der Waals surface area contributed by atoms with Gasteiger partial charge in [0.15, 0.2) is 0 Å². The average Bonchev–Trinajstić information content (AvgIpc) is 2.27. The standard InChI is InChI=1S/C13H19BF3O2/c1-10-9-11(5-6-12(10)14(15,16)17)19-8-7-13(2,3)18-4/h5-6,9H,7-8H2,1-4H3/q-1. The fourth-order valence-electron chi connectivity index (χ4n) is 1.62. The van der Waals surface area contributed by atoms with Gasteiger partial charge in [0.05, 0.1) is 12.2 Å². The lowest BCUT2D eigenvalue weighted by atomic mass is 9.77. The lowest BCUT2D eigenvalue weighted by Gasteiger charge is -2.23. The molecule has 0 aliphatic carbocycles. The molecule has 6 heteroatoms. The molecule has 0 bridgehead atoms. The van der Waals surface area contributed by atoms with Crippen molar-refractivity contribution in [2.45, 2.75) is 32.8 Å². The van der Waals surface area contributed by atoms with Gasteiger partial charge in [0.2, 0.25) is 0 Å². The molecule has 1 aromatic rings. The van der Waals surface area contributed by atoms with Crippen LogP contribution in [0.3, 0.4) is 0 Å². The highest BCUT2D eigenvalue weighted by molar-refractivity contribution is 6.74. The van der Waals surface area contributed by atoms with Gasteiger partial charge in [-0.15, -0.1) is 5.46 Å². The lowest BCUT2D eigenvalue weighted by Crippen LogP contribution is -2.35. The van der Waals surface area contributed by atoms with Crippen LogP contribution in [0.25, 0.3) is 0 Å². The highest BCUT2D eigenvalue weighted by Crippen LogP contribution is 2.19. The maximum Gasteiger partial charge on any atom is 0.509 e. The summed E-state index contributed by atoms with van der Waals surface area (Å²) in [6.07, 6.45) is 0.660. The zero-order valence-electron chi connectivity index (χ0n) is 11.7. The van der Waals surface area contributed by atoms with E-state index in [0.29, 0.717) is 18.8 Å². The van der Waals surface area contributed by atoms with Crippen LogP contribution in [-0.4, -0.2) is 26.3 Å². The molecule has 108 valence electrons. The largest absolute Gasteiger partial charge is 0.509 e. The van der Waals surface area contributed by atoms with Crippen LogP contribution in [0.15, 0.2) is 18.2 Å². The second-order valence-corrected chi connectivity index (χ2v) is 5.16. The van der Waals surface area contributed by atoms with E-state index in [4.69, 9.17) is 9.47 Å². The summed E-state index contributed by atoms with van der Waals surface area (Å²) in [7, 11) is 1.62. The van der Waals surface area contributed by atoms with Gasteiger partial charge >= 0.3 is 6.98 Å². The predicted octanol–water partition coefficient (Wildman–Crippen LogP) is 3.24. The van der Waals surface area contributed by atoms with Crippen LogP contribution in [0.4, 0.5) is 12.9 Å². The number of ether oxygens (including phenoxy) is 2. The Hall–Kier alpha value is -1.17. The van der Waals surface area contributed by atoms with Crippen LogP contribution in [0.2, 0.25) is 0 Å². The van der Waals surface area contributed by atoms with Crippen molar-refractivity contribution in [2.24, 2.45) is 0 Å². The van der Waals surface area contributed by atoms with E-state index in [1.807, 2.05) is 13.8 Å². The van der Waals surface area contributed by atoms with Crippen molar-refractivity contribution in [3.8, 4) is 5.75 Å². The zero-order valence-corrected chi connectivity index (χ0v) is 11.7. The first-order valence-electron chi connectivity index (χ1n) is 6.14. The highest BCUT2D eigenvalue weighted by Gasteiger charge is 2.27. The van der Waals surface area contributed by atoms with E-state index in [1.54, 1.807) is 7.11 Å². The molecule has 0 unspecified atom stereocenters. The molecule has 0 atom stereocenters. The Kier molecular flexibility index (Phi) is 4.90. The molecule has 0 fully saturated rings. The number of methoxy groups -OCH3 is 1. The first kappa shape index (κ1) is 15.9. The normalized spacial score (nSPS) is 12.6. The second kappa shape index (κ2) is 5.86. The fourth-order valence-corrected chi connectivity index (χ4v) is 1.62. The average molecular weight is 275 g/mol. The van der Waals surface area contributed by atoms with Gasteiger partial charge in [-0.05, 0) is 32.9 Å². The van der Waals surface area contributed by atoms with Crippen molar-refractivity contribution in [2.75, 3.05) is 13.7 Å². The molecule has 1 rings (SSSR count). The molecule has 2 nitrogen and oxygen atoms in total. The van der Waals surface area contributed by atoms with Crippen LogP contribution >= 0.6 is 0 Å². The van der Waals surface area contributed by atoms with Crippen molar-refractivity contribution in [3.05, 3.63) is 23.8 Å². The smallest absolute Gasteiger partial charge is 0.493 e. The molecule has 19 heavy (non-hydrogen) atoms. The molecular weight excluding hydrogens is 256 g/mol. The summed E-state index contributed by atoms with van der Waals surface area (Å²) in [5.41, 5.74) is -0.676. The van der Waals surface area contributed by atoms with Gasteiger partial charge in [-0.1, -0.05) is 11.6 Å².